The molecule has 10 heteroatoms. The van der Waals surface area contributed by atoms with Gasteiger partial charge in [0.15, 0.2) is 10.9 Å². The van der Waals surface area contributed by atoms with Crippen molar-refractivity contribution in [2.75, 3.05) is 0 Å². The predicted molar refractivity (Wildman–Crippen MR) is 113 cm³/mol. The van der Waals surface area contributed by atoms with Crippen LogP contribution in [0.4, 0.5) is 0 Å². The average molecular weight is 429 g/mol. The van der Waals surface area contributed by atoms with Crippen LogP contribution in [0.15, 0.2) is 65.7 Å². The Labute approximate surface area is 175 Å². The summed E-state index contributed by atoms with van der Waals surface area (Å²) in [4.78, 5) is 8.56. The van der Waals surface area contributed by atoms with E-state index in [0.717, 1.165) is 5.56 Å². The van der Waals surface area contributed by atoms with E-state index in [0.29, 0.717) is 5.69 Å². The van der Waals surface area contributed by atoms with E-state index in [2.05, 4.69) is 9.97 Å². The molecule has 0 spiro atoms. The monoisotopic (exact) mass is 428 g/mol. The molecule has 0 radical (unpaired) electrons. The van der Waals surface area contributed by atoms with Gasteiger partial charge in [-0.25, -0.2) is 4.98 Å². The number of hydrogen-bond donors (Lipinski definition) is 3. The van der Waals surface area contributed by atoms with Crippen molar-refractivity contribution < 1.29 is 12.6 Å². The smallest absolute Gasteiger partial charge is 0.357 e. The van der Waals surface area contributed by atoms with Gasteiger partial charge >= 0.3 is 10.1 Å². The molecule has 2 heterocycles. The van der Waals surface area contributed by atoms with Gasteiger partial charge in [-0.1, -0.05) is 38.1 Å². The Balaban J connectivity index is 2.24. The molecule has 0 aliphatic heterocycles. The molecule has 158 valence electrons. The van der Waals surface area contributed by atoms with E-state index in [9.17, 15) is 8.42 Å². The number of imidazole rings is 1. The van der Waals surface area contributed by atoms with Crippen LogP contribution in [0.3, 0.4) is 0 Å². The highest BCUT2D eigenvalue weighted by Gasteiger charge is 2.32. The number of pyridine rings is 1. The third-order valence-corrected chi connectivity index (χ3v) is 5.61. The zero-order chi connectivity index (χ0) is 21.9. The van der Waals surface area contributed by atoms with E-state index in [4.69, 9.17) is 21.4 Å². The number of nitrogens with two attached hydrogens (primary N) is 3. The van der Waals surface area contributed by atoms with E-state index in [-0.39, 0.29) is 40.6 Å². The Morgan fingerprint density at radius 1 is 1.10 bits per heavy atom. The van der Waals surface area contributed by atoms with Crippen LogP contribution < -0.4 is 21.4 Å². The SMILES string of the molecule is CC(C)c1nc(C(N)=C(N)N)n(Cc2cccnc2)c1S(=O)(=O)Oc1ccccc1. The molecular formula is C20H24N6O3S. The fraction of sp³-hybridized carbons (Fsp3) is 0.200. The van der Waals surface area contributed by atoms with Crippen molar-refractivity contribution in [3.63, 3.8) is 0 Å². The van der Waals surface area contributed by atoms with Gasteiger partial charge in [0.1, 0.15) is 17.3 Å². The van der Waals surface area contributed by atoms with E-state index in [1.54, 1.807) is 48.8 Å². The summed E-state index contributed by atoms with van der Waals surface area (Å²) in [6, 6.07) is 11.8. The van der Waals surface area contributed by atoms with Gasteiger partial charge in [-0.2, -0.15) is 8.42 Å². The Kier molecular flexibility index (Phi) is 5.97. The van der Waals surface area contributed by atoms with Crippen LogP contribution in [0.25, 0.3) is 5.70 Å². The summed E-state index contributed by atoms with van der Waals surface area (Å²) in [5.41, 5.74) is 18.5. The van der Waals surface area contributed by atoms with Crippen LogP contribution in [-0.4, -0.2) is 23.0 Å². The number of aromatic nitrogens is 3. The van der Waals surface area contributed by atoms with Crippen molar-refractivity contribution in [3.05, 3.63) is 77.8 Å². The summed E-state index contributed by atoms with van der Waals surface area (Å²) >= 11 is 0. The van der Waals surface area contributed by atoms with Gasteiger partial charge in [0.2, 0.25) is 0 Å². The van der Waals surface area contributed by atoms with Crippen molar-refractivity contribution in [1.82, 2.24) is 14.5 Å². The molecule has 0 aliphatic carbocycles. The van der Waals surface area contributed by atoms with Crippen molar-refractivity contribution in [2.45, 2.75) is 31.3 Å². The highest BCUT2D eigenvalue weighted by molar-refractivity contribution is 7.87. The van der Waals surface area contributed by atoms with Gasteiger partial charge in [0.05, 0.1) is 12.2 Å². The number of benzene rings is 1. The highest BCUT2D eigenvalue weighted by Crippen LogP contribution is 2.30. The molecular weight excluding hydrogens is 404 g/mol. The lowest BCUT2D eigenvalue weighted by Gasteiger charge is -2.15. The minimum Gasteiger partial charge on any atom is -0.393 e. The first kappa shape index (κ1) is 21.2. The van der Waals surface area contributed by atoms with Crippen LogP contribution in [0, 0.1) is 0 Å². The third kappa shape index (κ3) is 4.38. The summed E-state index contributed by atoms with van der Waals surface area (Å²) in [5.74, 6) is -0.0620. The van der Waals surface area contributed by atoms with Crippen molar-refractivity contribution in [2.24, 2.45) is 17.2 Å². The molecule has 0 fully saturated rings. The Morgan fingerprint density at radius 3 is 2.37 bits per heavy atom. The first-order valence-electron chi connectivity index (χ1n) is 9.20. The Morgan fingerprint density at radius 2 is 1.80 bits per heavy atom. The molecule has 0 aliphatic rings. The maximum Gasteiger partial charge on any atom is 0.357 e. The van der Waals surface area contributed by atoms with Gasteiger partial charge in [0.25, 0.3) is 0 Å². The first-order valence-corrected chi connectivity index (χ1v) is 10.6. The van der Waals surface area contributed by atoms with Crippen LogP contribution in [-0.2, 0) is 16.7 Å². The van der Waals surface area contributed by atoms with Gasteiger partial charge in [-0.3, -0.25) is 4.98 Å². The molecule has 9 nitrogen and oxygen atoms in total. The lowest BCUT2D eigenvalue weighted by molar-refractivity contribution is 0.472. The van der Waals surface area contributed by atoms with E-state index in [1.165, 1.54) is 4.57 Å². The Hall–Kier alpha value is -3.53. The molecule has 0 unspecified atom stereocenters. The topological polar surface area (TPSA) is 152 Å². The largest absolute Gasteiger partial charge is 0.393 e. The fourth-order valence-electron chi connectivity index (χ4n) is 2.89. The quantitative estimate of drug-likeness (QED) is 0.481. The average Bonchev–Trinajstić information content (AvgIpc) is 3.09. The maximum absolute atomic E-state index is 13.3. The molecule has 6 N–H and O–H groups in total. The van der Waals surface area contributed by atoms with Gasteiger partial charge < -0.3 is 26.0 Å². The van der Waals surface area contributed by atoms with Crippen molar-refractivity contribution in [3.8, 4) is 5.75 Å². The predicted octanol–water partition coefficient (Wildman–Crippen LogP) is 1.72. The molecule has 30 heavy (non-hydrogen) atoms. The number of hydrogen-bond acceptors (Lipinski definition) is 8. The van der Waals surface area contributed by atoms with E-state index < -0.39 is 10.1 Å². The van der Waals surface area contributed by atoms with Gasteiger partial charge in [-0.15, -0.1) is 0 Å². The highest BCUT2D eigenvalue weighted by atomic mass is 32.2. The Bertz CT molecular complexity index is 1150. The van der Waals surface area contributed by atoms with Crippen molar-refractivity contribution in [1.29, 1.82) is 0 Å². The fourth-order valence-corrected chi connectivity index (χ4v) is 4.30. The second kappa shape index (κ2) is 8.46. The molecule has 3 rings (SSSR count). The molecule has 0 bridgehead atoms. The summed E-state index contributed by atoms with van der Waals surface area (Å²) in [6.45, 7) is 3.78. The number of nitrogens with zero attached hydrogens (tertiary/aromatic N) is 3. The van der Waals surface area contributed by atoms with Crippen LogP contribution >= 0.6 is 0 Å². The molecule has 0 atom stereocenters. The third-order valence-electron chi connectivity index (χ3n) is 4.29. The maximum atomic E-state index is 13.3. The number of rotatable bonds is 7. The summed E-state index contributed by atoms with van der Waals surface area (Å²) in [7, 11) is -4.26. The second-order valence-corrected chi connectivity index (χ2v) is 8.41. The summed E-state index contributed by atoms with van der Waals surface area (Å²) in [5, 5.41) is -0.107. The van der Waals surface area contributed by atoms with Gasteiger partial charge in [0, 0.05) is 12.4 Å². The molecule has 0 saturated heterocycles. The second-order valence-electron chi connectivity index (χ2n) is 6.95. The first-order chi connectivity index (χ1) is 14.2. The lowest BCUT2D eigenvalue weighted by atomic mass is 10.1. The van der Waals surface area contributed by atoms with E-state index in [1.807, 2.05) is 19.9 Å². The molecule has 0 saturated carbocycles. The number of para-hydroxylation sites is 1. The van der Waals surface area contributed by atoms with Crippen molar-refractivity contribution >= 4 is 15.8 Å². The standard InChI is InChI=1S/C20H24N6O3S/c1-13(2)17-20(30(27,28)29-15-8-4-3-5-9-15)26(12-14-7-6-10-24-11-14)19(25-17)16(21)18(22)23/h3-11,13H,12,21-23H2,1-2H3. The normalized spacial score (nSPS) is 11.4. The van der Waals surface area contributed by atoms with Gasteiger partial charge in [-0.05, 0) is 29.7 Å². The van der Waals surface area contributed by atoms with Crippen LogP contribution in [0.5, 0.6) is 5.75 Å². The van der Waals surface area contributed by atoms with Crippen LogP contribution in [0.1, 0.15) is 36.8 Å². The minimum atomic E-state index is -4.26. The lowest BCUT2D eigenvalue weighted by Crippen LogP contribution is -2.22. The molecule has 2 aromatic heterocycles. The van der Waals surface area contributed by atoms with E-state index >= 15 is 0 Å². The molecule has 1 aromatic carbocycles. The molecule has 3 aromatic rings. The summed E-state index contributed by atoms with van der Waals surface area (Å²) < 4.78 is 33.5. The summed E-state index contributed by atoms with van der Waals surface area (Å²) in [6.07, 6.45) is 3.25. The van der Waals surface area contributed by atoms with Crippen LogP contribution in [0.2, 0.25) is 0 Å². The molecule has 0 amide bonds. The minimum absolute atomic E-state index is 0.0121. The zero-order valence-electron chi connectivity index (χ0n) is 16.7. The zero-order valence-corrected chi connectivity index (χ0v) is 17.5.